The highest BCUT2D eigenvalue weighted by Gasteiger charge is 2.45. The van der Waals surface area contributed by atoms with Crippen molar-refractivity contribution in [2.75, 3.05) is 26.3 Å². The first-order valence-electron chi connectivity index (χ1n) is 14.9. The van der Waals surface area contributed by atoms with Crippen molar-refractivity contribution in [2.45, 2.75) is 77.7 Å². The van der Waals surface area contributed by atoms with Gasteiger partial charge < -0.3 is 9.47 Å². The number of aromatic nitrogens is 3. The second kappa shape index (κ2) is 11.0. The van der Waals surface area contributed by atoms with Gasteiger partial charge in [0, 0.05) is 17.5 Å². The number of pyridine rings is 1. The van der Waals surface area contributed by atoms with E-state index in [4.69, 9.17) is 20.9 Å². The molecule has 0 amide bonds. The number of rotatable bonds is 4. The van der Waals surface area contributed by atoms with E-state index in [0.29, 0.717) is 60.6 Å². The lowest BCUT2D eigenvalue weighted by Gasteiger charge is -2.31. The highest BCUT2D eigenvalue weighted by Crippen LogP contribution is 2.43. The molecule has 7 rings (SSSR count). The van der Waals surface area contributed by atoms with Crippen LogP contribution in [0.4, 0.5) is 8.78 Å². The lowest BCUT2D eigenvalue weighted by molar-refractivity contribution is 0.107. The molecule has 0 radical (unpaired) electrons. The summed E-state index contributed by atoms with van der Waals surface area (Å²) in [5, 5.41) is 0.475. The maximum atomic E-state index is 16.5. The largest absolute Gasteiger partial charge is 0.477 e. The molecule has 4 aliphatic rings. The Kier molecular flexibility index (Phi) is 7.41. The first-order valence-corrected chi connectivity index (χ1v) is 14.9. The molecule has 0 atom stereocenters. The topological polar surface area (TPSA) is 60.4 Å². The van der Waals surface area contributed by atoms with Crippen molar-refractivity contribution in [3.8, 4) is 35.5 Å². The van der Waals surface area contributed by atoms with E-state index in [1.54, 1.807) is 0 Å². The summed E-state index contributed by atoms with van der Waals surface area (Å²) in [4.78, 5) is 16.4. The third-order valence-corrected chi connectivity index (χ3v) is 8.78. The van der Waals surface area contributed by atoms with Gasteiger partial charge in [-0.1, -0.05) is 31.4 Å². The van der Waals surface area contributed by atoms with Gasteiger partial charge in [-0.05, 0) is 76.6 Å². The van der Waals surface area contributed by atoms with Gasteiger partial charge >= 0.3 is 6.01 Å². The number of aryl methyl sites for hydroxylation is 3. The van der Waals surface area contributed by atoms with Crippen molar-refractivity contribution in [3.63, 3.8) is 0 Å². The molecule has 214 valence electrons. The molecule has 1 aromatic carbocycles. The van der Waals surface area contributed by atoms with Crippen LogP contribution in [0.5, 0.6) is 11.9 Å². The van der Waals surface area contributed by atoms with E-state index in [9.17, 15) is 4.39 Å². The number of nitrogens with zero attached hydrogens (tertiary/aromatic N) is 4. The zero-order valence-electron chi connectivity index (χ0n) is 24.1. The van der Waals surface area contributed by atoms with Crippen LogP contribution < -0.4 is 9.47 Å². The predicted molar refractivity (Wildman–Crippen MR) is 156 cm³/mol. The highest BCUT2D eigenvalue weighted by molar-refractivity contribution is 5.95. The maximum Gasteiger partial charge on any atom is 0.320 e. The maximum absolute atomic E-state index is 16.5. The lowest BCUT2D eigenvalue weighted by Crippen LogP contribution is -2.43. The average molecular weight is 559 g/mol. The molecule has 2 fully saturated rings. The molecule has 3 aromatic rings. The Bertz CT molecular complexity index is 1580. The van der Waals surface area contributed by atoms with Gasteiger partial charge in [0.2, 0.25) is 5.88 Å². The third-order valence-electron chi connectivity index (χ3n) is 8.78. The van der Waals surface area contributed by atoms with Gasteiger partial charge in [-0.25, -0.2) is 13.8 Å². The molecule has 0 saturated carbocycles. The monoisotopic (exact) mass is 558 g/mol. The molecule has 0 bridgehead atoms. The summed E-state index contributed by atoms with van der Waals surface area (Å²) in [6.45, 7) is 9.01. The van der Waals surface area contributed by atoms with Crippen molar-refractivity contribution in [2.24, 2.45) is 0 Å². The minimum atomic E-state index is -0.607. The van der Waals surface area contributed by atoms with Crippen LogP contribution in [-0.4, -0.2) is 51.7 Å². The standard InChI is InChI=1S/C31H30F2N4O2.C2H6/c1-3-20-22(32)9-8-19-15-18(2)16-21(24(19)20)27-26(33)28-25-23(34-27)7-4-14-38-29(25)36-30(35-28)39-17-31-10-5-12-37(31)13-6-11-31;1-2/h1,15-16H,4-14,17H2,2H3;1-2H3. The van der Waals surface area contributed by atoms with E-state index in [0.717, 1.165) is 49.9 Å². The van der Waals surface area contributed by atoms with Crippen molar-refractivity contribution in [3.05, 3.63) is 46.2 Å². The number of allylic oxidation sites excluding steroid dienone is 2. The Balaban J connectivity index is 0.00000148. The second-order valence-corrected chi connectivity index (χ2v) is 11.2. The van der Waals surface area contributed by atoms with Gasteiger partial charge in [0.1, 0.15) is 23.6 Å². The molecule has 2 aromatic heterocycles. The first kappa shape index (κ1) is 27.6. The fourth-order valence-electron chi connectivity index (χ4n) is 6.98. The fraction of sp³-hybridized carbons (Fsp3) is 0.485. The van der Waals surface area contributed by atoms with Crippen LogP contribution in [0.2, 0.25) is 0 Å². The Labute approximate surface area is 240 Å². The van der Waals surface area contributed by atoms with Gasteiger partial charge in [0.05, 0.1) is 28.8 Å². The van der Waals surface area contributed by atoms with Crippen LogP contribution in [0.15, 0.2) is 18.0 Å². The number of ether oxygens (including phenoxy) is 2. The number of hydrogen-bond acceptors (Lipinski definition) is 6. The third kappa shape index (κ3) is 4.64. The summed E-state index contributed by atoms with van der Waals surface area (Å²) in [5.74, 6) is 1.85. The van der Waals surface area contributed by atoms with Gasteiger partial charge in [-0.3, -0.25) is 4.90 Å². The summed E-state index contributed by atoms with van der Waals surface area (Å²) < 4.78 is 43.5. The van der Waals surface area contributed by atoms with Crippen LogP contribution in [0.1, 0.15) is 74.8 Å². The van der Waals surface area contributed by atoms with Crippen LogP contribution in [0.3, 0.4) is 0 Å². The molecule has 2 saturated heterocycles. The smallest absolute Gasteiger partial charge is 0.320 e. The minimum Gasteiger partial charge on any atom is -0.477 e. The minimum absolute atomic E-state index is 0.00304. The van der Waals surface area contributed by atoms with E-state index >= 15 is 4.39 Å². The summed E-state index contributed by atoms with van der Waals surface area (Å²) in [6.07, 6.45) is 12.2. The number of benzene rings is 1. The number of terminal acetylenes is 1. The summed E-state index contributed by atoms with van der Waals surface area (Å²) >= 11 is 0. The van der Waals surface area contributed by atoms with Gasteiger partial charge in [0.15, 0.2) is 5.82 Å². The molecule has 3 aliphatic heterocycles. The highest BCUT2D eigenvalue weighted by atomic mass is 19.1. The second-order valence-electron chi connectivity index (χ2n) is 11.2. The lowest BCUT2D eigenvalue weighted by atomic mass is 9.84. The number of hydrogen-bond donors (Lipinski definition) is 0. The zero-order chi connectivity index (χ0) is 28.7. The van der Waals surface area contributed by atoms with Gasteiger partial charge in [0.25, 0.3) is 0 Å². The quantitative estimate of drug-likeness (QED) is 0.330. The molecule has 1 aliphatic carbocycles. The molecule has 0 spiro atoms. The summed E-state index contributed by atoms with van der Waals surface area (Å²) in [6, 6.07) is 3.93. The molecular weight excluding hydrogens is 522 g/mol. The van der Waals surface area contributed by atoms with Gasteiger partial charge in [-0.2, -0.15) is 9.97 Å². The van der Waals surface area contributed by atoms with Crippen LogP contribution in [0, 0.1) is 25.1 Å². The van der Waals surface area contributed by atoms with Crippen molar-refractivity contribution in [1.29, 1.82) is 0 Å². The van der Waals surface area contributed by atoms with E-state index in [-0.39, 0.29) is 40.6 Å². The molecule has 0 N–H and O–H groups in total. The average Bonchev–Trinajstić information content (AvgIpc) is 3.50. The van der Waals surface area contributed by atoms with E-state index < -0.39 is 5.82 Å². The van der Waals surface area contributed by atoms with E-state index in [1.165, 1.54) is 0 Å². The molecule has 8 heteroatoms. The fourth-order valence-corrected chi connectivity index (χ4v) is 6.98. The van der Waals surface area contributed by atoms with Crippen LogP contribution in [0.25, 0.3) is 27.7 Å². The van der Waals surface area contributed by atoms with Crippen LogP contribution >= 0.6 is 0 Å². The number of halogens is 2. The van der Waals surface area contributed by atoms with Crippen molar-refractivity contribution >= 4 is 16.5 Å². The normalized spacial score (nSPS) is 19.0. The Morgan fingerprint density at radius 1 is 1.05 bits per heavy atom. The SMILES string of the molecule is C#CC1=C(F)CCc2cc(C)cc(-c3nc4c5c(nc(OCC67CCCN6CCC7)nc5c3F)OCCC4)c21.CC. The molecule has 5 heterocycles. The molecule has 0 unspecified atom stereocenters. The molecule has 41 heavy (non-hydrogen) atoms. The molecule has 6 nitrogen and oxygen atoms in total. The predicted octanol–water partition coefficient (Wildman–Crippen LogP) is 6.76. The molecular formula is C33H36F2N4O2. The zero-order valence-corrected chi connectivity index (χ0v) is 24.1. The Hall–Kier alpha value is -3.57. The summed E-state index contributed by atoms with van der Waals surface area (Å²) in [5.41, 5.74) is 3.94. The van der Waals surface area contributed by atoms with Crippen molar-refractivity contribution in [1.82, 2.24) is 19.9 Å². The van der Waals surface area contributed by atoms with Crippen molar-refractivity contribution < 1.29 is 18.3 Å². The first-order chi connectivity index (χ1) is 20.0. The van der Waals surface area contributed by atoms with Gasteiger partial charge in [-0.15, -0.1) is 6.42 Å². The Morgan fingerprint density at radius 2 is 1.83 bits per heavy atom. The Morgan fingerprint density at radius 3 is 2.59 bits per heavy atom. The number of fused-ring (bicyclic) bond motifs is 2. The summed E-state index contributed by atoms with van der Waals surface area (Å²) in [7, 11) is 0. The van der Waals surface area contributed by atoms with E-state index in [2.05, 4.69) is 20.8 Å². The van der Waals surface area contributed by atoms with E-state index in [1.807, 2.05) is 32.9 Å². The van der Waals surface area contributed by atoms with Crippen LogP contribution in [-0.2, 0) is 12.8 Å².